The fourth-order valence-electron chi connectivity index (χ4n) is 2.41. The molecule has 0 radical (unpaired) electrons. The molecule has 0 bridgehead atoms. The standard InChI is InChI=1S/C15H14F3N3/c1-9-2-4-10(5-3-9)14-20-12-6-7-19-8-11(12)13(21-14)15(16,17)18/h2-5,19H,6-8H2,1H3. The first-order valence-corrected chi connectivity index (χ1v) is 6.70. The zero-order chi connectivity index (χ0) is 15.0. The number of nitrogens with zero attached hydrogens (tertiary/aromatic N) is 2. The first kappa shape index (κ1) is 14.0. The maximum Gasteiger partial charge on any atom is 0.433 e. The predicted octanol–water partition coefficient (Wildman–Crippen LogP) is 3.12. The quantitative estimate of drug-likeness (QED) is 0.878. The molecule has 0 saturated carbocycles. The predicted molar refractivity (Wildman–Crippen MR) is 72.6 cm³/mol. The van der Waals surface area contributed by atoms with Gasteiger partial charge >= 0.3 is 6.18 Å². The molecule has 3 rings (SSSR count). The molecule has 1 N–H and O–H groups in total. The molecule has 1 aliphatic heterocycles. The van der Waals surface area contributed by atoms with Gasteiger partial charge in [-0.1, -0.05) is 29.8 Å². The Bertz CT molecular complexity index is 663. The van der Waals surface area contributed by atoms with Crippen LogP contribution in [0.3, 0.4) is 0 Å². The van der Waals surface area contributed by atoms with Crippen LogP contribution in [0.25, 0.3) is 11.4 Å². The smallest absolute Gasteiger partial charge is 0.312 e. The number of aromatic nitrogens is 2. The van der Waals surface area contributed by atoms with E-state index in [0.29, 0.717) is 24.2 Å². The minimum absolute atomic E-state index is 0.142. The van der Waals surface area contributed by atoms with Crippen LogP contribution in [0.4, 0.5) is 13.2 Å². The van der Waals surface area contributed by atoms with Gasteiger partial charge in [-0.25, -0.2) is 9.97 Å². The van der Waals surface area contributed by atoms with Crippen LogP contribution in [0.1, 0.15) is 22.5 Å². The minimum atomic E-state index is -4.47. The molecule has 0 amide bonds. The van der Waals surface area contributed by atoms with E-state index in [0.717, 1.165) is 5.56 Å². The molecule has 0 atom stereocenters. The molecule has 110 valence electrons. The first-order valence-electron chi connectivity index (χ1n) is 6.70. The zero-order valence-corrected chi connectivity index (χ0v) is 11.5. The number of aryl methyl sites for hydroxylation is 1. The van der Waals surface area contributed by atoms with E-state index >= 15 is 0 Å². The van der Waals surface area contributed by atoms with Crippen LogP contribution < -0.4 is 5.32 Å². The summed E-state index contributed by atoms with van der Waals surface area (Å²) >= 11 is 0. The number of halogens is 3. The average Bonchev–Trinajstić information content (AvgIpc) is 2.46. The Balaban J connectivity index is 2.16. The van der Waals surface area contributed by atoms with Gasteiger partial charge in [-0.05, 0) is 6.92 Å². The van der Waals surface area contributed by atoms with Crippen LogP contribution in [-0.2, 0) is 19.1 Å². The van der Waals surface area contributed by atoms with Gasteiger partial charge in [-0.3, -0.25) is 0 Å². The van der Waals surface area contributed by atoms with Crippen molar-refractivity contribution in [1.82, 2.24) is 15.3 Å². The van der Waals surface area contributed by atoms with Gasteiger partial charge in [0.1, 0.15) is 0 Å². The summed E-state index contributed by atoms with van der Waals surface area (Å²) in [7, 11) is 0. The Labute approximate surface area is 120 Å². The summed E-state index contributed by atoms with van der Waals surface area (Å²) in [5.74, 6) is 0.142. The van der Waals surface area contributed by atoms with Crippen molar-refractivity contribution in [2.45, 2.75) is 26.1 Å². The maximum absolute atomic E-state index is 13.2. The normalized spacial score (nSPS) is 14.9. The fraction of sp³-hybridized carbons (Fsp3) is 0.333. The van der Waals surface area contributed by atoms with Crippen LogP contribution in [-0.4, -0.2) is 16.5 Å². The van der Waals surface area contributed by atoms with E-state index in [1.165, 1.54) is 0 Å². The van der Waals surface area contributed by atoms with E-state index in [1.807, 2.05) is 19.1 Å². The maximum atomic E-state index is 13.2. The molecule has 1 aliphatic rings. The van der Waals surface area contributed by atoms with Crippen LogP contribution in [0.2, 0.25) is 0 Å². The Hall–Kier alpha value is -1.95. The Kier molecular flexibility index (Phi) is 3.41. The topological polar surface area (TPSA) is 37.8 Å². The zero-order valence-electron chi connectivity index (χ0n) is 11.5. The van der Waals surface area contributed by atoms with Gasteiger partial charge in [0.2, 0.25) is 0 Å². The third-order valence-electron chi connectivity index (χ3n) is 3.51. The van der Waals surface area contributed by atoms with Crippen molar-refractivity contribution >= 4 is 0 Å². The lowest BCUT2D eigenvalue weighted by atomic mass is 10.0. The molecule has 6 heteroatoms. The highest BCUT2D eigenvalue weighted by Crippen LogP contribution is 2.34. The molecule has 2 heterocycles. The molecule has 0 saturated heterocycles. The Morgan fingerprint density at radius 2 is 1.81 bits per heavy atom. The van der Waals surface area contributed by atoms with Gasteiger partial charge in [-0.2, -0.15) is 13.2 Å². The number of hydrogen-bond donors (Lipinski definition) is 1. The summed E-state index contributed by atoms with van der Waals surface area (Å²) < 4.78 is 39.7. The van der Waals surface area contributed by atoms with E-state index in [9.17, 15) is 13.2 Å². The largest absolute Gasteiger partial charge is 0.433 e. The van der Waals surface area contributed by atoms with Crippen molar-refractivity contribution in [2.24, 2.45) is 0 Å². The molecule has 21 heavy (non-hydrogen) atoms. The number of benzene rings is 1. The highest BCUT2D eigenvalue weighted by atomic mass is 19.4. The molecule has 3 nitrogen and oxygen atoms in total. The molecule has 0 spiro atoms. The fourth-order valence-corrected chi connectivity index (χ4v) is 2.41. The first-order chi connectivity index (χ1) is 9.95. The molecular weight excluding hydrogens is 279 g/mol. The van der Waals surface area contributed by atoms with Gasteiger partial charge < -0.3 is 5.32 Å². The molecular formula is C15H14F3N3. The minimum Gasteiger partial charge on any atom is -0.312 e. The van der Waals surface area contributed by atoms with E-state index in [4.69, 9.17) is 0 Å². The number of hydrogen-bond acceptors (Lipinski definition) is 3. The summed E-state index contributed by atoms with van der Waals surface area (Å²) in [5, 5.41) is 2.94. The molecule has 1 aromatic carbocycles. The summed E-state index contributed by atoms with van der Waals surface area (Å²) in [4.78, 5) is 8.12. The van der Waals surface area contributed by atoms with E-state index in [1.54, 1.807) is 12.1 Å². The van der Waals surface area contributed by atoms with Crippen molar-refractivity contribution in [3.05, 3.63) is 46.8 Å². The number of alkyl halides is 3. The third-order valence-corrected chi connectivity index (χ3v) is 3.51. The van der Waals surface area contributed by atoms with Crippen LogP contribution >= 0.6 is 0 Å². The highest BCUT2D eigenvalue weighted by Gasteiger charge is 2.38. The van der Waals surface area contributed by atoms with E-state index < -0.39 is 11.9 Å². The van der Waals surface area contributed by atoms with Crippen molar-refractivity contribution < 1.29 is 13.2 Å². The SMILES string of the molecule is Cc1ccc(-c2nc3c(c(C(F)(F)F)n2)CNCC3)cc1. The Morgan fingerprint density at radius 3 is 2.48 bits per heavy atom. The second-order valence-electron chi connectivity index (χ2n) is 5.11. The van der Waals surface area contributed by atoms with Crippen molar-refractivity contribution in [3.8, 4) is 11.4 Å². The van der Waals surface area contributed by atoms with Crippen molar-refractivity contribution in [3.63, 3.8) is 0 Å². The lowest BCUT2D eigenvalue weighted by Gasteiger charge is -2.21. The van der Waals surface area contributed by atoms with E-state index in [-0.39, 0.29) is 17.9 Å². The molecule has 1 aromatic heterocycles. The van der Waals surface area contributed by atoms with Gasteiger partial charge in [0.05, 0.1) is 5.69 Å². The second kappa shape index (κ2) is 5.11. The Morgan fingerprint density at radius 1 is 1.10 bits per heavy atom. The third kappa shape index (κ3) is 2.76. The summed E-state index contributed by atoms with van der Waals surface area (Å²) in [6.07, 6.45) is -3.98. The van der Waals surface area contributed by atoms with Crippen LogP contribution in [0.15, 0.2) is 24.3 Å². The summed E-state index contributed by atoms with van der Waals surface area (Å²) in [6, 6.07) is 7.18. The van der Waals surface area contributed by atoms with Gasteiger partial charge in [-0.15, -0.1) is 0 Å². The molecule has 0 fully saturated rings. The number of nitrogens with one attached hydrogen (secondary N) is 1. The summed E-state index contributed by atoms with van der Waals surface area (Å²) in [6.45, 7) is 2.72. The van der Waals surface area contributed by atoms with Crippen LogP contribution in [0, 0.1) is 6.92 Å². The average molecular weight is 293 g/mol. The van der Waals surface area contributed by atoms with Gasteiger partial charge in [0, 0.05) is 30.6 Å². The summed E-state index contributed by atoms with van der Waals surface area (Å²) in [5.41, 5.74) is 1.48. The second-order valence-corrected chi connectivity index (χ2v) is 5.11. The number of rotatable bonds is 1. The van der Waals surface area contributed by atoms with Crippen LogP contribution in [0.5, 0.6) is 0 Å². The molecule has 2 aromatic rings. The lowest BCUT2D eigenvalue weighted by molar-refractivity contribution is -0.142. The van der Waals surface area contributed by atoms with Gasteiger partial charge in [0.15, 0.2) is 11.5 Å². The van der Waals surface area contributed by atoms with E-state index in [2.05, 4.69) is 15.3 Å². The van der Waals surface area contributed by atoms with Crippen molar-refractivity contribution in [2.75, 3.05) is 6.54 Å². The number of fused-ring (bicyclic) bond motifs is 1. The van der Waals surface area contributed by atoms with Crippen molar-refractivity contribution in [1.29, 1.82) is 0 Å². The van der Waals surface area contributed by atoms with Gasteiger partial charge in [0.25, 0.3) is 0 Å². The molecule has 0 aliphatic carbocycles. The monoisotopic (exact) mass is 293 g/mol. The molecule has 0 unspecified atom stereocenters. The highest BCUT2D eigenvalue weighted by molar-refractivity contribution is 5.56. The lowest BCUT2D eigenvalue weighted by Crippen LogP contribution is -2.29.